The molecule has 0 spiro atoms. The van der Waals surface area contributed by atoms with Gasteiger partial charge in [0.15, 0.2) is 0 Å². The number of hydrogen-bond acceptors (Lipinski definition) is 2. The van der Waals surface area contributed by atoms with E-state index in [0.29, 0.717) is 0 Å². The van der Waals surface area contributed by atoms with E-state index in [2.05, 4.69) is 32.7 Å². The van der Waals surface area contributed by atoms with Crippen LogP contribution in [0.3, 0.4) is 0 Å². The molecule has 0 aromatic carbocycles. The van der Waals surface area contributed by atoms with Gasteiger partial charge in [-0.2, -0.15) is 24.4 Å². The Balaban J connectivity index is 0. The van der Waals surface area contributed by atoms with E-state index in [9.17, 15) is 0 Å². The molecule has 0 aliphatic heterocycles. The van der Waals surface area contributed by atoms with E-state index in [1.807, 2.05) is 23.9 Å². The maximum atomic E-state index is 4.15. The van der Waals surface area contributed by atoms with Gasteiger partial charge < -0.3 is 0 Å². The third kappa shape index (κ3) is 23.8. The molecular weight excluding hydrogens is 232 g/mol. The average Bonchev–Trinajstić information content (AvgIpc) is 2.31. The molecule has 2 heteroatoms. The van der Waals surface area contributed by atoms with Crippen molar-refractivity contribution < 1.29 is 0 Å². The molecule has 0 bridgehead atoms. The predicted octanol–water partition coefficient (Wildman–Crippen LogP) is 5.37. The van der Waals surface area contributed by atoms with Gasteiger partial charge in [0, 0.05) is 11.5 Å². The highest BCUT2D eigenvalue weighted by Crippen LogP contribution is 2.04. The van der Waals surface area contributed by atoms with Crippen LogP contribution in [0.5, 0.6) is 0 Å². The minimum absolute atomic E-state index is 1.03. The van der Waals surface area contributed by atoms with Crippen LogP contribution in [0.15, 0.2) is 25.3 Å². The van der Waals surface area contributed by atoms with Gasteiger partial charge >= 0.3 is 0 Å². The summed E-state index contributed by atoms with van der Waals surface area (Å²) in [5.74, 6) is 3.13. The number of thioether (sulfide) groups is 1. The minimum Gasteiger partial charge on any atom is -0.179 e. The van der Waals surface area contributed by atoms with E-state index in [1.54, 1.807) is 0 Å². The van der Waals surface area contributed by atoms with Gasteiger partial charge in [-0.3, -0.25) is 0 Å². The zero-order valence-electron chi connectivity index (χ0n) is 10.8. The molecule has 0 nitrogen and oxygen atoms in total. The highest BCUT2D eigenvalue weighted by molar-refractivity contribution is 7.99. The van der Waals surface area contributed by atoms with Crippen molar-refractivity contribution in [2.24, 2.45) is 0 Å². The molecule has 0 N–H and O–H groups in total. The van der Waals surface area contributed by atoms with Crippen LogP contribution >= 0.6 is 24.4 Å². The molecule has 0 aliphatic carbocycles. The topological polar surface area (TPSA) is 0 Å². The highest BCUT2D eigenvalue weighted by Gasteiger charge is 1.86. The van der Waals surface area contributed by atoms with Gasteiger partial charge in [0.1, 0.15) is 0 Å². The second kappa shape index (κ2) is 20.6. The van der Waals surface area contributed by atoms with E-state index < -0.39 is 0 Å². The van der Waals surface area contributed by atoms with E-state index in [0.717, 1.165) is 17.3 Å². The molecule has 0 radical (unpaired) electrons. The Morgan fingerprint density at radius 3 is 1.88 bits per heavy atom. The van der Waals surface area contributed by atoms with Crippen molar-refractivity contribution in [2.75, 3.05) is 17.3 Å². The molecule has 0 aromatic heterocycles. The molecule has 0 fully saturated rings. The van der Waals surface area contributed by atoms with Gasteiger partial charge in [0.05, 0.1) is 0 Å². The lowest BCUT2D eigenvalue weighted by Crippen LogP contribution is -1.78. The van der Waals surface area contributed by atoms with Crippen molar-refractivity contribution in [3.8, 4) is 0 Å². The summed E-state index contributed by atoms with van der Waals surface area (Å²) >= 11 is 5.96. The first kappa shape index (κ1) is 18.5. The fourth-order valence-electron chi connectivity index (χ4n) is 1.13. The van der Waals surface area contributed by atoms with Gasteiger partial charge in [-0.15, -0.1) is 13.2 Å². The maximum Gasteiger partial charge on any atom is 0.0113 e. The van der Waals surface area contributed by atoms with Crippen LogP contribution in [0.2, 0.25) is 0 Å². The molecule has 0 heterocycles. The van der Waals surface area contributed by atoms with Crippen molar-refractivity contribution in [3.63, 3.8) is 0 Å². The minimum atomic E-state index is 1.03. The first-order chi connectivity index (χ1) is 7.83. The van der Waals surface area contributed by atoms with Crippen molar-refractivity contribution >= 4 is 24.4 Å². The van der Waals surface area contributed by atoms with E-state index in [4.69, 9.17) is 0 Å². The van der Waals surface area contributed by atoms with Gasteiger partial charge in [-0.1, -0.05) is 51.2 Å². The third-order valence-corrected chi connectivity index (χ3v) is 3.24. The zero-order chi connectivity index (χ0) is 12.5. The van der Waals surface area contributed by atoms with Crippen LogP contribution in [0, 0.1) is 0 Å². The first-order valence-electron chi connectivity index (χ1n) is 6.23. The lowest BCUT2D eigenvalue weighted by atomic mass is 10.1. The molecule has 0 rings (SSSR count). The molecule has 0 atom stereocenters. The molecular formula is C14H28S2. The first-order valence-corrected chi connectivity index (χ1v) is 8.02. The Morgan fingerprint density at radius 1 is 0.938 bits per heavy atom. The third-order valence-electron chi connectivity index (χ3n) is 1.98. The Kier molecular flexibility index (Phi) is 23.8. The summed E-state index contributed by atoms with van der Waals surface area (Å²) in [5, 5.41) is 0. The second-order valence-corrected chi connectivity index (χ2v) is 5.13. The molecule has 0 saturated heterocycles. The molecule has 0 saturated carbocycles. The van der Waals surface area contributed by atoms with Crippen molar-refractivity contribution in [1.82, 2.24) is 0 Å². The summed E-state index contributed by atoms with van der Waals surface area (Å²) < 4.78 is 0. The largest absolute Gasteiger partial charge is 0.179 e. The maximum absolute atomic E-state index is 4.15. The van der Waals surface area contributed by atoms with Gasteiger partial charge in [0.2, 0.25) is 0 Å². The van der Waals surface area contributed by atoms with Crippen molar-refractivity contribution in [1.29, 1.82) is 0 Å². The summed E-state index contributed by atoms with van der Waals surface area (Å²) in [6, 6.07) is 0. The molecule has 0 aromatic rings. The van der Waals surface area contributed by atoms with Gasteiger partial charge in [-0.25, -0.2) is 0 Å². The van der Waals surface area contributed by atoms with Crippen LogP contribution in [-0.4, -0.2) is 17.3 Å². The van der Waals surface area contributed by atoms with Crippen LogP contribution in [0.25, 0.3) is 0 Å². The van der Waals surface area contributed by atoms with Crippen LogP contribution in [0.4, 0.5) is 0 Å². The lowest BCUT2D eigenvalue weighted by molar-refractivity contribution is 0.627. The van der Waals surface area contributed by atoms with E-state index in [1.165, 1.54) is 38.5 Å². The summed E-state index contributed by atoms with van der Waals surface area (Å²) in [7, 11) is 0. The van der Waals surface area contributed by atoms with Gasteiger partial charge in [-0.05, 0) is 12.2 Å². The average molecular weight is 261 g/mol. The Bertz CT molecular complexity index is 119. The number of unbranched alkanes of at least 4 members (excludes halogenated alkanes) is 5. The fraction of sp³-hybridized carbons (Fsp3) is 0.714. The molecule has 16 heavy (non-hydrogen) atoms. The smallest absolute Gasteiger partial charge is 0.0113 e. The Labute approximate surface area is 112 Å². The van der Waals surface area contributed by atoms with Crippen LogP contribution in [0.1, 0.15) is 45.4 Å². The standard InChI is InChI=1S/C8H18S.C6H10S/c1-2-3-4-5-6-7-8-9;1-3-5-7-6-4-2/h9H,2-8H2,1H3;3-4H,1-2,5-6H2. The second-order valence-electron chi connectivity index (χ2n) is 3.61. The van der Waals surface area contributed by atoms with Crippen LogP contribution in [-0.2, 0) is 0 Å². The van der Waals surface area contributed by atoms with Gasteiger partial charge in [0.25, 0.3) is 0 Å². The summed E-state index contributed by atoms with van der Waals surface area (Å²) in [6.07, 6.45) is 12.1. The number of rotatable bonds is 10. The Hall–Kier alpha value is 0.180. The van der Waals surface area contributed by atoms with Crippen LogP contribution < -0.4 is 0 Å². The van der Waals surface area contributed by atoms with Crippen molar-refractivity contribution in [3.05, 3.63) is 25.3 Å². The lowest BCUT2D eigenvalue weighted by Gasteiger charge is -1.95. The summed E-state index contributed by atoms with van der Waals surface area (Å²) in [4.78, 5) is 0. The molecule has 0 unspecified atom stereocenters. The quantitative estimate of drug-likeness (QED) is 0.313. The number of thiol groups is 1. The summed E-state index contributed by atoms with van der Waals surface area (Å²) in [5.41, 5.74) is 0. The molecule has 0 amide bonds. The summed E-state index contributed by atoms with van der Waals surface area (Å²) in [6.45, 7) is 9.40. The molecule has 96 valence electrons. The van der Waals surface area contributed by atoms with Crippen molar-refractivity contribution in [2.45, 2.75) is 45.4 Å². The SMILES string of the molecule is C=CCSCC=C.CCCCCCCCS. The zero-order valence-corrected chi connectivity index (χ0v) is 12.5. The highest BCUT2D eigenvalue weighted by atomic mass is 32.2. The number of hydrogen-bond donors (Lipinski definition) is 1. The Morgan fingerprint density at radius 2 is 1.44 bits per heavy atom. The monoisotopic (exact) mass is 260 g/mol. The molecule has 0 aliphatic rings. The normalized spacial score (nSPS) is 9.12. The predicted molar refractivity (Wildman–Crippen MR) is 84.9 cm³/mol. The fourth-order valence-corrected chi connectivity index (χ4v) is 1.82. The van der Waals surface area contributed by atoms with E-state index >= 15 is 0 Å². The van der Waals surface area contributed by atoms with E-state index in [-0.39, 0.29) is 0 Å².